The van der Waals surface area contributed by atoms with Crippen LogP contribution >= 0.6 is 11.3 Å². The Morgan fingerprint density at radius 1 is 1.21 bits per heavy atom. The maximum absolute atomic E-state index is 12.6. The summed E-state index contributed by atoms with van der Waals surface area (Å²) in [6.07, 6.45) is 4.56. The predicted octanol–water partition coefficient (Wildman–Crippen LogP) is 5.32. The average molecular weight is 418 g/mol. The topological polar surface area (TPSA) is 35.6 Å². The van der Waals surface area contributed by atoms with Gasteiger partial charge in [0.1, 0.15) is 0 Å². The third-order valence-electron chi connectivity index (χ3n) is 4.68. The zero-order valence-corrected chi connectivity index (χ0v) is 19.3. The van der Waals surface area contributed by atoms with Crippen molar-refractivity contribution in [1.29, 1.82) is 0 Å². The Balaban J connectivity index is 0.00000272. The molecular formula is C24H39N3OS. The van der Waals surface area contributed by atoms with Gasteiger partial charge in [0, 0.05) is 27.1 Å². The minimum atomic E-state index is -0.0117. The Hall–Kier alpha value is -2.11. The number of likely N-dealkylation sites (N-methyl/N-ethyl adjacent to an activating group) is 1. The lowest BCUT2D eigenvalue weighted by molar-refractivity contribution is 0.192. The SMILES string of the molecule is C=CCN(CCC(Cc1ccccc1)N(C)C)C(=O)NCCc1ccsc1.CC.[HH]. The number of nitrogens with one attached hydrogen (secondary N) is 1. The van der Waals surface area contributed by atoms with Crippen molar-refractivity contribution in [1.82, 2.24) is 15.1 Å². The second-order valence-corrected chi connectivity index (χ2v) is 7.72. The fourth-order valence-electron chi connectivity index (χ4n) is 3.03. The summed E-state index contributed by atoms with van der Waals surface area (Å²) in [5.74, 6) is 0. The van der Waals surface area contributed by atoms with E-state index in [0.717, 1.165) is 19.3 Å². The van der Waals surface area contributed by atoms with Crippen molar-refractivity contribution in [3.8, 4) is 0 Å². The standard InChI is InChI=1S/C22H31N3OS.C2H6.H2/c1-4-14-25(22(26)23-13-10-20-12-16-27-18-20)15-11-21(24(2)3)17-19-8-6-5-7-9-19;1-2;/h4-9,12,16,18,21H,1,10-11,13-15,17H2,2-3H3,(H,23,26);1-2H3;1H. The molecule has 0 aliphatic carbocycles. The molecule has 4 nitrogen and oxygen atoms in total. The van der Waals surface area contributed by atoms with Gasteiger partial charge in [0.05, 0.1) is 0 Å². The molecule has 1 aromatic carbocycles. The third kappa shape index (κ3) is 9.77. The van der Waals surface area contributed by atoms with Gasteiger partial charge < -0.3 is 15.1 Å². The molecule has 0 aliphatic heterocycles. The number of carbonyl (C=O) groups is 1. The van der Waals surface area contributed by atoms with Crippen LogP contribution in [0.4, 0.5) is 4.79 Å². The molecule has 1 N–H and O–H groups in total. The molecule has 0 saturated carbocycles. The van der Waals surface area contributed by atoms with Gasteiger partial charge in [-0.3, -0.25) is 0 Å². The van der Waals surface area contributed by atoms with Gasteiger partial charge >= 0.3 is 6.03 Å². The maximum Gasteiger partial charge on any atom is 0.317 e. The van der Waals surface area contributed by atoms with Gasteiger partial charge in [0.2, 0.25) is 0 Å². The van der Waals surface area contributed by atoms with Crippen molar-refractivity contribution >= 4 is 17.4 Å². The molecule has 1 atom stereocenters. The maximum atomic E-state index is 12.6. The largest absolute Gasteiger partial charge is 0.338 e. The van der Waals surface area contributed by atoms with E-state index in [0.29, 0.717) is 25.7 Å². The normalized spacial score (nSPS) is 11.3. The van der Waals surface area contributed by atoms with E-state index in [1.807, 2.05) is 24.8 Å². The highest BCUT2D eigenvalue weighted by molar-refractivity contribution is 7.07. The van der Waals surface area contributed by atoms with Gasteiger partial charge in [-0.1, -0.05) is 50.3 Å². The second kappa shape index (κ2) is 14.8. The van der Waals surface area contributed by atoms with Crippen LogP contribution in [0.5, 0.6) is 0 Å². The molecule has 2 amide bonds. The van der Waals surface area contributed by atoms with E-state index in [2.05, 4.69) is 72.0 Å². The molecular weight excluding hydrogens is 378 g/mol. The summed E-state index contributed by atoms with van der Waals surface area (Å²) in [6, 6.07) is 13.0. The smallest absolute Gasteiger partial charge is 0.317 e. The Kier molecular flexibility index (Phi) is 12.7. The first-order chi connectivity index (χ1) is 14.1. The van der Waals surface area contributed by atoms with E-state index < -0.39 is 0 Å². The first-order valence-electron chi connectivity index (χ1n) is 10.4. The lowest BCUT2D eigenvalue weighted by atomic mass is 10.0. The van der Waals surface area contributed by atoms with Gasteiger partial charge in [-0.05, 0) is 61.3 Å². The first-order valence-corrected chi connectivity index (χ1v) is 11.4. The summed E-state index contributed by atoms with van der Waals surface area (Å²) >= 11 is 1.69. The van der Waals surface area contributed by atoms with Crippen LogP contribution in [0.25, 0.3) is 0 Å². The number of benzene rings is 1. The third-order valence-corrected chi connectivity index (χ3v) is 5.42. The van der Waals surface area contributed by atoms with E-state index in [9.17, 15) is 4.79 Å². The Bertz CT molecular complexity index is 677. The number of hydrogen-bond donors (Lipinski definition) is 1. The number of amides is 2. The number of thiophene rings is 1. The fraction of sp³-hybridized carbons (Fsp3) is 0.458. The molecule has 0 bridgehead atoms. The summed E-state index contributed by atoms with van der Waals surface area (Å²) in [5.41, 5.74) is 2.60. The average Bonchev–Trinajstić information content (AvgIpc) is 3.25. The first kappa shape index (κ1) is 24.9. The Morgan fingerprint density at radius 2 is 1.93 bits per heavy atom. The van der Waals surface area contributed by atoms with Crippen molar-refractivity contribution in [3.63, 3.8) is 0 Å². The van der Waals surface area contributed by atoms with Crippen LogP contribution in [0.15, 0.2) is 59.8 Å². The highest BCUT2D eigenvalue weighted by Crippen LogP contribution is 2.11. The lowest BCUT2D eigenvalue weighted by Gasteiger charge is -2.28. The quantitative estimate of drug-likeness (QED) is 0.502. The summed E-state index contributed by atoms with van der Waals surface area (Å²) < 4.78 is 0. The van der Waals surface area contributed by atoms with Gasteiger partial charge in [-0.25, -0.2) is 4.79 Å². The van der Waals surface area contributed by atoms with Crippen molar-refractivity contribution in [2.45, 2.75) is 39.2 Å². The molecule has 0 fully saturated rings. The van der Waals surface area contributed by atoms with Gasteiger partial charge in [-0.15, -0.1) is 6.58 Å². The van der Waals surface area contributed by atoms with Crippen molar-refractivity contribution in [2.75, 3.05) is 33.7 Å². The van der Waals surface area contributed by atoms with Crippen LogP contribution in [-0.2, 0) is 12.8 Å². The van der Waals surface area contributed by atoms with E-state index >= 15 is 0 Å². The van der Waals surface area contributed by atoms with E-state index in [-0.39, 0.29) is 7.46 Å². The van der Waals surface area contributed by atoms with E-state index in [1.165, 1.54) is 11.1 Å². The zero-order valence-electron chi connectivity index (χ0n) is 18.4. The summed E-state index contributed by atoms with van der Waals surface area (Å²) in [7, 11) is 4.21. The lowest BCUT2D eigenvalue weighted by Crippen LogP contribution is -2.43. The highest BCUT2D eigenvalue weighted by atomic mass is 32.1. The van der Waals surface area contributed by atoms with Crippen LogP contribution in [0, 0.1) is 0 Å². The molecule has 2 rings (SSSR count). The minimum Gasteiger partial charge on any atom is -0.338 e. The monoisotopic (exact) mass is 417 g/mol. The predicted molar refractivity (Wildman–Crippen MR) is 129 cm³/mol. The van der Waals surface area contributed by atoms with Crippen LogP contribution in [0.1, 0.15) is 32.8 Å². The molecule has 2 aromatic rings. The number of urea groups is 1. The van der Waals surface area contributed by atoms with Crippen LogP contribution in [0.2, 0.25) is 0 Å². The van der Waals surface area contributed by atoms with Gasteiger partial charge in [-0.2, -0.15) is 11.3 Å². The fourth-order valence-corrected chi connectivity index (χ4v) is 3.73. The molecule has 0 spiro atoms. The van der Waals surface area contributed by atoms with Crippen LogP contribution in [-0.4, -0.2) is 55.6 Å². The molecule has 0 aliphatic rings. The van der Waals surface area contributed by atoms with Gasteiger partial charge in [0.15, 0.2) is 0 Å². The van der Waals surface area contributed by atoms with Crippen molar-refractivity contribution in [3.05, 3.63) is 70.9 Å². The van der Waals surface area contributed by atoms with Crippen molar-refractivity contribution < 1.29 is 6.22 Å². The van der Waals surface area contributed by atoms with Crippen LogP contribution in [0.3, 0.4) is 0 Å². The molecule has 0 saturated heterocycles. The zero-order chi connectivity index (χ0) is 21.5. The summed E-state index contributed by atoms with van der Waals surface area (Å²) in [4.78, 5) is 16.7. The molecule has 162 valence electrons. The molecule has 1 aromatic heterocycles. The number of hydrogen-bond acceptors (Lipinski definition) is 3. The summed E-state index contributed by atoms with van der Waals surface area (Å²) in [6.45, 7) is 9.74. The molecule has 5 heteroatoms. The van der Waals surface area contributed by atoms with E-state index in [4.69, 9.17) is 0 Å². The second-order valence-electron chi connectivity index (χ2n) is 6.94. The van der Waals surface area contributed by atoms with E-state index in [1.54, 1.807) is 17.4 Å². The van der Waals surface area contributed by atoms with Crippen LogP contribution < -0.4 is 5.32 Å². The van der Waals surface area contributed by atoms with Crippen molar-refractivity contribution in [2.24, 2.45) is 0 Å². The molecule has 0 radical (unpaired) electrons. The highest BCUT2D eigenvalue weighted by Gasteiger charge is 2.17. The molecule has 29 heavy (non-hydrogen) atoms. The number of carbonyl (C=O) groups excluding carboxylic acids is 1. The molecule has 1 heterocycles. The number of nitrogens with zero attached hydrogens (tertiary/aromatic N) is 2. The summed E-state index contributed by atoms with van der Waals surface area (Å²) in [5, 5.41) is 7.23. The molecule has 1 unspecified atom stereocenters. The number of rotatable bonds is 11. The van der Waals surface area contributed by atoms with Gasteiger partial charge in [0.25, 0.3) is 0 Å². The Morgan fingerprint density at radius 3 is 2.52 bits per heavy atom. The Labute approximate surface area is 182 Å². The minimum absolute atomic E-state index is 0.